The van der Waals surface area contributed by atoms with Crippen molar-refractivity contribution in [1.82, 2.24) is 0 Å². The maximum absolute atomic E-state index is 12.1. The Balaban J connectivity index is 2.27. The van der Waals surface area contributed by atoms with E-state index in [4.69, 9.17) is 21.3 Å². The lowest BCUT2D eigenvalue weighted by atomic mass is 10.2. The van der Waals surface area contributed by atoms with Crippen LogP contribution in [0, 0.1) is 11.3 Å². The van der Waals surface area contributed by atoms with Crippen LogP contribution in [-0.2, 0) is 6.42 Å². The van der Waals surface area contributed by atoms with Crippen molar-refractivity contribution in [3.63, 3.8) is 0 Å². The number of furan rings is 1. The zero-order chi connectivity index (χ0) is 13.8. The highest BCUT2D eigenvalue weighted by molar-refractivity contribution is 6.34. The van der Waals surface area contributed by atoms with E-state index in [-0.39, 0.29) is 5.91 Å². The highest BCUT2D eigenvalue weighted by atomic mass is 35.5. The maximum Gasteiger partial charge on any atom is 0.259 e. The second-order valence-corrected chi connectivity index (χ2v) is 4.28. The van der Waals surface area contributed by atoms with Crippen LogP contribution in [-0.4, -0.2) is 5.91 Å². The summed E-state index contributed by atoms with van der Waals surface area (Å²) in [7, 11) is 0. The number of rotatable bonds is 3. The fourth-order valence-corrected chi connectivity index (χ4v) is 1.86. The molecule has 2 rings (SSSR count). The molecule has 2 aromatic rings. The average Bonchev–Trinajstić information content (AvgIpc) is 2.89. The first-order valence-corrected chi connectivity index (χ1v) is 6.11. The predicted molar refractivity (Wildman–Crippen MR) is 72.2 cm³/mol. The first-order chi connectivity index (χ1) is 9.15. The van der Waals surface area contributed by atoms with Crippen LogP contribution in [0.15, 0.2) is 34.9 Å². The second kappa shape index (κ2) is 5.59. The lowest BCUT2D eigenvalue weighted by molar-refractivity contribution is 0.102. The maximum atomic E-state index is 12.1. The molecule has 4 nitrogen and oxygen atoms in total. The molecule has 0 fully saturated rings. The average molecular weight is 275 g/mol. The minimum absolute atomic E-state index is 0.303. The minimum Gasteiger partial charge on any atom is -0.469 e. The first-order valence-electron chi connectivity index (χ1n) is 5.73. The van der Waals surface area contributed by atoms with E-state index in [0.717, 1.165) is 0 Å². The molecule has 0 radical (unpaired) electrons. The number of aryl methyl sites for hydroxylation is 1. The highest BCUT2D eigenvalue weighted by Crippen LogP contribution is 2.24. The summed E-state index contributed by atoms with van der Waals surface area (Å²) in [5.41, 5.74) is 1.32. The van der Waals surface area contributed by atoms with Crippen LogP contribution >= 0.6 is 11.6 Å². The van der Waals surface area contributed by atoms with Crippen molar-refractivity contribution in [2.24, 2.45) is 0 Å². The predicted octanol–water partition coefficient (Wildman–Crippen LogP) is 3.62. The third-order valence-corrected chi connectivity index (χ3v) is 2.98. The molecule has 5 heteroatoms. The normalized spacial score (nSPS) is 9.95. The molecule has 0 bridgehead atoms. The molecule has 0 atom stereocenters. The van der Waals surface area contributed by atoms with Crippen molar-refractivity contribution in [3.8, 4) is 6.07 Å². The molecule has 0 spiro atoms. The van der Waals surface area contributed by atoms with Crippen molar-refractivity contribution >= 4 is 23.2 Å². The van der Waals surface area contributed by atoms with Gasteiger partial charge in [-0.25, -0.2) is 0 Å². The molecule has 0 aliphatic carbocycles. The van der Waals surface area contributed by atoms with Gasteiger partial charge in [-0.1, -0.05) is 18.5 Å². The number of hydrogen-bond acceptors (Lipinski definition) is 3. The van der Waals surface area contributed by atoms with Gasteiger partial charge in [-0.05, 0) is 24.3 Å². The molecule has 1 N–H and O–H groups in total. The van der Waals surface area contributed by atoms with E-state index in [1.54, 1.807) is 18.2 Å². The van der Waals surface area contributed by atoms with Gasteiger partial charge >= 0.3 is 0 Å². The van der Waals surface area contributed by atoms with Gasteiger partial charge in [0.05, 0.1) is 34.2 Å². The summed E-state index contributed by atoms with van der Waals surface area (Å²) in [6, 6.07) is 8.30. The summed E-state index contributed by atoms with van der Waals surface area (Å²) >= 11 is 5.98. The van der Waals surface area contributed by atoms with Gasteiger partial charge in [0.25, 0.3) is 5.91 Å². The van der Waals surface area contributed by atoms with Crippen molar-refractivity contribution in [2.75, 3.05) is 5.32 Å². The van der Waals surface area contributed by atoms with E-state index in [0.29, 0.717) is 34.0 Å². The van der Waals surface area contributed by atoms with E-state index < -0.39 is 0 Å². The quantitative estimate of drug-likeness (QED) is 0.929. The Morgan fingerprint density at radius 2 is 2.26 bits per heavy atom. The number of benzene rings is 1. The number of carbonyl (C=O) groups excluding carboxylic acids is 1. The van der Waals surface area contributed by atoms with Crippen molar-refractivity contribution in [2.45, 2.75) is 13.3 Å². The van der Waals surface area contributed by atoms with Crippen molar-refractivity contribution < 1.29 is 9.21 Å². The van der Waals surface area contributed by atoms with Crippen LogP contribution in [0.1, 0.15) is 28.6 Å². The van der Waals surface area contributed by atoms with E-state index in [2.05, 4.69) is 5.32 Å². The third-order valence-electron chi connectivity index (χ3n) is 2.65. The van der Waals surface area contributed by atoms with Crippen LogP contribution < -0.4 is 5.32 Å². The Morgan fingerprint density at radius 3 is 2.95 bits per heavy atom. The van der Waals surface area contributed by atoms with Crippen LogP contribution in [0.4, 0.5) is 5.69 Å². The molecule has 1 aromatic heterocycles. The molecule has 0 aliphatic rings. The summed E-state index contributed by atoms with van der Waals surface area (Å²) in [5.74, 6) is 0.313. The van der Waals surface area contributed by atoms with Gasteiger partial charge in [-0.3, -0.25) is 4.79 Å². The molecular weight excluding hydrogens is 264 g/mol. The smallest absolute Gasteiger partial charge is 0.259 e. The van der Waals surface area contributed by atoms with Gasteiger partial charge in [0.1, 0.15) is 5.76 Å². The van der Waals surface area contributed by atoms with E-state index in [1.165, 1.54) is 12.3 Å². The van der Waals surface area contributed by atoms with Crippen molar-refractivity contribution in [3.05, 3.63) is 52.4 Å². The topological polar surface area (TPSA) is 66.0 Å². The number of anilines is 1. The standard InChI is InChI=1S/C14H11ClN2O2/c1-2-13-10(5-6-19-13)14(18)17-12-7-9(8-16)3-4-11(12)15/h3-7H,2H2,1H3,(H,17,18). The minimum atomic E-state index is -0.303. The Morgan fingerprint density at radius 1 is 1.47 bits per heavy atom. The largest absolute Gasteiger partial charge is 0.469 e. The van der Waals surface area contributed by atoms with Crippen LogP contribution in [0.3, 0.4) is 0 Å². The number of hydrogen-bond donors (Lipinski definition) is 1. The van der Waals surface area contributed by atoms with E-state index in [1.807, 2.05) is 13.0 Å². The SMILES string of the molecule is CCc1occc1C(=O)Nc1cc(C#N)ccc1Cl. The zero-order valence-corrected chi connectivity index (χ0v) is 11.0. The molecule has 96 valence electrons. The van der Waals surface area contributed by atoms with Crippen LogP contribution in [0.2, 0.25) is 5.02 Å². The molecule has 0 unspecified atom stereocenters. The molecule has 0 saturated carbocycles. The highest BCUT2D eigenvalue weighted by Gasteiger charge is 2.14. The summed E-state index contributed by atoms with van der Waals surface area (Å²) in [4.78, 5) is 12.1. The first kappa shape index (κ1) is 13.2. The number of nitrogens with zero attached hydrogens (tertiary/aromatic N) is 1. The zero-order valence-electron chi connectivity index (χ0n) is 10.2. The monoisotopic (exact) mass is 274 g/mol. The lowest BCUT2D eigenvalue weighted by Gasteiger charge is -2.07. The molecule has 0 saturated heterocycles. The van der Waals surface area contributed by atoms with E-state index >= 15 is 0 Å². The van der Waals surface area contributed by atoms with Crippen molar-refractivity contribution in [1.29, 1.82) is 5.26 Å². The fourth-order valence-electron chi connectivity index (χ4n) is 1.70. The van der Waals surface area contributed by atoms with E-state index in [9.17, 15) is 4.79 Å². The van der Waals surface area contributed by atoms with Crippen LogP contribution in [0.25, 0.3) is 0 Å². The molecule has 0 aliphatic heterocycles. The van der Waals surface area contributed by atoms with Gasteiger partial charge in [0.2, 0.25) is 0 Å². The molecule has 1 aromatic carbocycles. The third kappa shape index (κ3) is 2.78. The van der Waals surface area contributed by atoms with Gasteiger partial charge in [-0.2, -0.15) is 5.26 Å². The number of halogens is 1. The Hall–Kier alpha value is -2.25. The van der Waals surface area contributed by atoms with Crippen LogP contribution in [0.5, 0.6) is 0 Å². The molecule has 1 heterocycles. The molecule has 1 amide bonds. The summed E-state index contributed by atoms with van der Waals surface area (Å²) in [5, 5.41) is 11.9. The van der Waals surface area contributed by atoms with Gasteiger partial charge in [0.15, 0.2) is 0 Å². The fraction of sp³-hybridized carbons (Fsp3) is 0.143. The van der Waals surface area contributed by atoms with Gasteiger partial charge in [0, 0.05) is 6.42 Å². The Kier molecular flexibility index (Phi) is 3.88. The van der Waals surface area contributed by atoms with Gasteiger partial charge < -0.3 is 9.73 Å². The number of nitrogens with one attached hydrogen (secondary N) is 1. The Labute approximate surface area is 115 Å². The number of nitriles is 1. The summed E-state index contributed by atoms with van der Waals surface area (Å²) in [6.07, 6.45) is 2.10. The Bertz CT molecular complexity index is 656. The summed E-state index contributed by atoms with van der Waals surface area (Å²) < 4.78 is 5.20. The lowest BCUT2D eigenvalue weighted by Crippen LogP contribution is -2.13. The molecular formula is C14H11ClN2O2. The molecule has 19 heavy (non-hydrogen) atoms. The number of amides is 1. The summed E-state index contributed by atoms with van der Waals surface area (Å²) in [6.45, 7) is 1.90. The van der Waals surface area contributed by atoms with Gasteiger partial charge in [-0.15, -0.1) is 0 Å². The second-order valence-electron chi connectivity index (χ2n) is 3.87. The number of carbonyl (C=O) groups is 1.